The van der Waals surface area contributed by atoms with Crippen LogP contribution in [0.1, 0.15) is 32.6 Å². The third-order valence-electron chi connectivity index (χ3n) is 4.12. The average Bonchev–Trinajstić information content (AvgIpc) is 3.01. The molecule has 0 radical (unpaired) electrons. The van der Waals surface area contributed by atoms with Gasteiger partial charge in [0, 0.05) is 0 Å². The van der Waals surface area contributed by atoms with Gasteiger partial charge in [-0.2, -0.15) is 0 Å². The van der Waals surface area contributed by atoms with Crippen LogP contribution in [-0.2, 0) is 4.79 Å². The van der Waals surface area contributed by atoms with Crippen molar-refractivity contribution < 1.29 is 9.59 Å². The van der Waals surface area contributed by atoms with Crippen molar-refractivity contribution in [3.63, 3.8) is 0 Å². The van der Waals surface area contributed by atoms with E-state index in [2.05, 4.69) is 12.2 Å². The van der Waals surface area contributed by atoms with Crippen LogP contribution < -0.4 is 5.32 Å². The van der Waals surface area contributed by atoms with Crippen molar-refractivity contribution in [2.24, 2.45) is 5.41 Å². The Morgan fingerprint density at radius 2 is 1.86 bits per heavy atom. The van der Waals surface area contributed by atoms with Gasteiger partial charge in [0.15, 0.2) is 0 Å². The van der Waals surface area contributed by atoms with Crippen molar-refractivity contribution in [1.29, 1.82) is 0 Å². The van der Waals surface area contributed by atoms with Crippen molar-refractivity contribution in [2.75, 3.05) is 6.54 Å². The van der Waals surface area contributed by atoms with Crippen molar-refractivity contribution >= 4 is 11.9 Å². The largest absolute Gasteiger partial charge is 0.329 e. The second-order valence-corrected chi connectivity index (χ2v) is 4.98. The Morgan fingerprint density at radius 3 is 2.21 bits per heavy atom. The molecule has 1 heterocycles. The van der Waals surface area contributed by atoms with E-state index in [1.165, 1.54) is 4.90 Å². The first-order valence-electron chi connectivity index (χ1n) is 5.20. The summed E-state index contributed by atoms with van der Waals surface area (Å²) in [4.78, 5) is 24.6. The number of nitrogens with zero attached hydrogens (tertiary/aromatic N) is 1. The maximum atomic E-state index is 11.6. The molecule has 2 aliphatic carbocycles. The molecule has 1 saturated heterocycles. The van der Waals surface area contributed by atoms with E-state index in [1.54, 1.807) is 0 Å². The molecule has 0 aromatic heterocycles. The molecule has 3 rings (SSSR count). The molecule has 0 atom stereocenters. The van der Waals surface area contributed by atoms with E-state index in [9.17, 15) is 9.59 Å². The van der Waals surface area contributed by atoms with Gasteiger partial charge in [-0.25, -0.2) is 4.79 Å². The van der Waals surface area contributed by atoms with E-state index >= 15 is 0 Å². The third-order valence-corrected chi connectivity index (χ3v) is 4.12. The van der Waals surface area contributed by atoms with Crippen LogP contribution in [0.15, 0.2) is 0 Å². The lowest BCUT2D eigenvalue weighted by Gasteiger charge is -2.30. The van der Waals surface area contributed by atoms with E-state index in [4.69, 9.17) is 0 Å². The Labute approximate surface area is 82.6 Å². The highest BCUT2D eigenvalue weighted by Gasteiger charge is 2.68. The van der Waals surface area contributed by atoms with E-state index in [0.717, 1.165) is 25.7 Å². The Bertz CT molecular complexity index is 313. The van der Waals surface area contributed by atoms with E-state index < -0.39 is 0 Å². The van der Waals surface area contributed by atoms with Gasteiger partial charge in [0.05, 0.1) is 12.1 Å². The zero-order chi connectivity index (χ0) is 9.97. The first kappa shape index (κ1) is 8.26. The highest BCUT2D eigenvalue weighted by molar-refractivity contribution is 6.03. The zero-order valence-electron chi connectivity index (χ0n) is 8.30. The van der Waals surface area contributed by atoms with Crippen molar-refractivity contribution in [3.05, 3.63) is 0 Å². The Kier molecular flexibility index (Phi) is 1.25. The first-order chi connectivity index (χ1) is 6.59. The first-order valence-corrected chi connectivity index (χ1v) is 5.20. The topological polar surface area (TPSA) is 49.4 Å². The second kappa shape index (κ2) is 2.12. The fraction of sp³-hybridized carbons (Fsp3) is 0.800. The minimum absolute atomic E-state index is 0.0411. The van der Waals surface area contributed by atoms with Crippen molar-refractivity contribution in [3.8, 4) is 0 Å². The minimum atomic E-state index is -0.180. The van der Waals surface area contributed by atoms with Crippen LogP contribution in [0.3, 0.4) is 0 Å². The fourth-order valence-electron chi connectivity index (χ4n) is 2.72. The molecular weight excluding hydrogens is 180 g/mol. The fourth-order valence-corrected chi connectivity index (χ4v) is 2.72. The monoisotopic (exact) mass is 194 g/mol. The van der Waals surface area contributed by atoms with E-state index in [1.807, 2.05) is 0 Å². The molecule has 3 fully saturated rings. The standard InChI is InChI=1S/C10H14N2O2/c1-9(2-3-9)10(4-5-10)12-7(13)6-11-8(12)14/h2-6H2,1H3,(H,11,14). The number of carbonyl (C=O) groups is 2. The second-order valence-electron chi connectivity index (χ2n) is 4.98. The predicted molar refractivity (Wildman–Crippen MR) is 49.6 cm³/mol. The third kappa shape index (κ3) is 0.792. The Balaban J connectivity index is 1.94. The molecule has 0 aromatic carbocycles. The van der Waals surface area contributed by atoms with Gasteiger partial charge >= 0.3 is 6.03 Å². The number of urea groups is 1. The molecule has 0 unspecified atom stereocenters. The van der Waals surface area contributed by atoms with Crippen molar-refractivity contribution in [2.45, 2.75) is 38.1 Å². The molecule has 0 aromatic rings. The van der Waals surface area contributed by atoms with Crippen LogP contribution in [-0.4, -0.2) is 28.9 Å². The van der Waals surface area contributed by atoms with E-state index in [0.29, 0.717) is 0 Å². The SMILES string of the molecule is CC1(C2(N3C(=O)CNC3=O)CC2)CC1. The lowest BCUT2D eigenvalue weighted by atomic mass is 9.94. The quantitative estimate of drug-likeness (QED) is 0.663. The lowest BCUT2D eigenvalue weighted by Crippen LogP contribution is -2.47. The molecule has 1 aliphatic heterocycles. The summed E-state index contributed by atoms with van der Waals surface area (Å²) in [5, 5.41) is 2.60. The summed E-state index contributed by atoms with van der Waals surface area (Å²) in [6.45, 7) is 2.38. The number of imide groups is 1. The number of carbonyl (C=O) groups excluding carboxylic acids is 2. The summed E-state index contributed by atoms with van der Waals surface area (Å²) in [5.41, 5.74) is 0.120. The molecule has 3 amide bonds. The van der Waals surface area contributed by atoms with Crippen LogP contribution in [0, 0.1) is 5.41 Å². The van der Waals surface area contributed by atoms with Gasteiger partial charge in [-0.15, -0.1) is 0 Å². The van der Waals surface area contributed by atoms with Crippen LogP contribution >= 0.6 is 0 Å². The maximum absolute atomic E-state index is 11.6. The van der Waals surface area contributed by atoms with Gasteiger partial charge < -0.3 is 5.32 Å². The smallest absolute Gasteiger partial charge is 0.325 e. The number of amides is 3. The molecule has 0 spiro atoms. The molecule has 0 bridgehead atoms. The molecule has 2 saturated carbocycles. The zero-order valence-corrected chi connectivity index (χ0v) is 8.30. The van der Waals surface area contributed by atoms with Crippen LogP contribution in [0.4, 0.5) is 4.79 Å². The van der Waals surface area contributed by atoms with Gasteiger partial charge in [0.2, 0.25) is 0 Å². The van der Waals surface area contributed by atoms with Crippen molar-refractivity contribution in [1.82, 2.24) is 10.2 Å². The van der Waals surface area contributed by atoms with Gasteiger partial charge in [0.25, 0.3) is 5.91 Å². The van der Waals surface area contributed by atoms with Crippen LogP contribution in [0.25, 0.3) is 0 Å². The maximum Gasteiger partial charge on any atom is 0.325 e. The molecule has 76 valence electrons. The predicted octanol–water partition coefficient (Wildman–Crippen LogP) is 0.871. The highest BCUT2D eigenvalue weighted by Crippen LogP contribution is 2.66. The Morgan fingerprint density at radius 1 is 1.21 bits per heavy atom. The normalized spacial score (nSPS) is 31.6. The molecule has 4 heteroatoms. The van der Waals surface area contributed by atoms with E-state index in [-0.39, 0.29) is 29.4 Å². The summed E-state index contributed by atoms with van der Waals surface area (Å²) < 4.78 is 0. The summed E-state index contributed by atoms with van der Waals surface area (Å²) >= 11 is 0. The lowest BCUT2D eigenvalue weighted by molar-refractivity contribution is -0.128. The average molecular weight is 194 g/mol. The summed E-state index contributed by atoms with van der Waals surface area (Å²) in [6, 6.07) is -0.180. The van der Waals surface area contributed by atoms with Gasteiger partial charge in [0.1, 0.15) is 0 Å². The summed E-state index contributed by atoms with van der Waals surface area (Å²) in [6.07, 6.45) is 4.32. The molecule has 4 nitrogen and oxygen atoms in total. The number of hydrogen-bond acceptors (Lipinski definition) is 2. The van der Waals surface area contributed by atoms with Crippen LogP contribution in [0.5, 0.6) is 0 Å². The summed E-state index contributed by atoms with van der Waals surface area (Å²) in [5.74, 6) is -0.0411. The van der Waals surface area contributed by atoms with Gasteiger partial charge in [-0.3, -0.25) is 9.69 Å². The Hall–Kier alpha value is -1.06. The molecule has 14 heavy (non-hydrogen) atoms. The number of rotatable bonds is 2. The number of nitrogens with one attached hydrogen (secondary N) is 1. The molecule has 1 N–H and O–H groups in total. The van der Waals surface area contributed by atoms with Crippen LogP contribution in [0.2, 0.25) is 0 Å². The molecule has 3 aliphatic rings. The number of hydrogen-bond donors (Lipinski definition) is 1. The van der Waals surface area contributed by atoms with Gasteiger partial charge in [-0.05, 0) is 31.1 Å². The highest BCUT2D eigenvalue weighted by atomic mass is 16.2. The van der Waals surface area contributed by atoms with Gasteiger partial charge in [-0.1, -0.05) is 6.92 Å². The summed E-state index contributed by atoms with van der Waals surface area (Å²) in [7, 11) is 0. The minimum Gasteiger partial charge on any atom is -0.329 e. The molecular formula is C10H14N2O2.